The van der Waals surface area contributed by atoms with Crippen molar-refractivity contribution in [2.24, 2.45) is 0 Å². The third-order valence-corrected chi connectivity index (χ3v) is 3.77. The van der Waals surface area contributed by atoms with Gasteiger partial charge in [-0.1, -0.05) is 11.6 Å². The maximum absolute atomic E-state index is 11.8. The molecule has 0 heterocycles. The molecule has 0 unspecified atom stereocenters. The monoisotopic (exact) mass is 362 g/mol. The van der Waals surface area contributed by atoms with Crippen molar-refractivity contribution < 1.29 is 19.1 Å². The minimum atomic E-state index is -0.425. The van der Waals surface area contributed by atoms with Crippen molar-refractivity contribution in [1.82, 2.24) is 5.32 Å². The largest absolute Gasteiger partial charge is 0.492 e. The van der Waals surface area contributed by atoms with E-state index in [2.05, 4.69) is 15.4 Å². The van der Waals surface area contributed by atoms with Gasteiger partial charge in [-0.2, -0.15) is 0 Å². The van der Waals surface area contributed by atoms with E-state index >= 15 is 0 Å². The number of benzene rings is 2. The zero-order chi connectivity index (χ0) is 18.2. The molecule has 0 bridgehead atoms. The predicted octanol–water partition coefficient (Wildman–Crippen LogP) is 3.64. The number of ether oxygens (including phenoxy) is 2. The summed E-state index contributed by atoms with van der Waals surface area (Å²) in [6, 6.07) is 11.4. The number of aryl methyl sites for hydroxylation is 1. The van der Waals surface area contributed by atoms with Gasteiger partial charge in [-0.05, 0) is 55.0 Å². The van der Waals surface area contributed by atoms with Crippen LogP contribution in [0.25, 0.3) is 0 Å². The number of rotatable bonds is 6. The first-order chi connectivity index (χ1) is 12.0. The molecule has 2 aromatic rings. The van der Waals surface area contributed by atoms with Crippen LogP contribution in [0.2, 0.25) is 5.02 Å². The van der Waals surface area contributed by atoms with E-state index in [-0.39, 0.29) is 6.03 Å². The third kappa shape index (κ3) is 5.69. The molecule has 0 atom stereocenters. The van der Waals surface area contributed by atoms with Crippen LogP contribution < -0.4 is 15.4 Å². The van der Waals surface area contributed by atoms with Gasteiger partial charge in [0.25, 0.3) is 0 Å². The number of carbonyl (C=O) groups is 2. The quantitative estimate of drug-likeness (QED) is 0.607. The van der Waals surface area contributed by atoms with E-state index in [9.17, 15) is 9.59 Å². The van der Waals surface area contributed by atoms with Gasteiger partial charge in [-0.15, -0.1) is 0 Å². The standard InChI is InChI=1S/C18H19ClN2O4/c1-12-11-15(7-8-16(12)19)25-10-9-20-18(23)21-14-5-3-13(4-6-14)17(22)24-2/h3-8,11H,9-10H2,1-2H3,(H2,20,21,23). The molecule has 0 aliphatic rings. The average molecular weight is 363 g/mol. The number of hydrogen-bond donors (Lipinski definition) is 2. The fourth-order valence-electron chi connectivity index (χ4n) is 2.02. The van der Waals surface area contributed by atoms with Crippen LogP contribution in [0.5, 0.6) is 5.75 Å². The number of carbonyl (C=O) groups excluding carboxylic acids is 2. The summed E-state index contributed by atoms with van der Waals surface area (Å²) < 4.78 is 10.2. The van der Waals surface area contributed by atoms with Gasteiger partial charge in [0.2, 0.25) is 0 Å². The Kier molecular flexibility index (Phi) is 6.65. The Labute approximate surface area is 151 Å². The van der Waals surface area contributed by atoms with Crippen LogP contribution in [-0.2, 0) is 4.74 Å². The lowest BCUT2D eigenvalue weighted by Crippen LogP contribution is -2.32. The van der Waals surface area contributed by atoms with Crippen LogP contribution in [0.4, 0.5) is 10.5 Å². The van der Waals surface area contributed by atoms with Crippen molar-refractivity contribution in [3.63, 3.8) is 0 Å². The Hall–Kier alpha value is -2.73. The SMILES string of the molecule is COC(=O)c1ccc(NC(=O)NCCOc2ccc(Cl)c(C)c2)cc1. The van der Waals surface area contributed by atoms with Crippen LogP contribution in [0.3, 0.4) is 0 Å². The number of amides is 2. The first-order valence-electron chi connectivity index (χ1n) is 7.62. The smallest absolute Gasteiger partial charge is 0.337 e. The number of hydrogen-bond acceptors (Lipinski definition) is 4. The van der Waals surface area contributed by atoms with E-state index in [4.69, 9.17) is 16.3 Å². The van der Waals surface area contributed by atoms with Gasteiger partial charge < -0.3 is 20.1 Å². The first kappa shape index (κ1) is 18.6. The van der Waals surface area contributed by atoms with Gasteiger partial charge in [0.15, 0.2) is 0 Å². The van der Waals surface area contributed by atoms with E-state index < -0.39 is 5.97 Å². The Morgan fingerprint density at radius 1 is 1.12 bits per heavy atom. The first-order valence-corrected chi connectivity index (χ1v) is 7.99. The maximum atomic E-state index is 11.8. The third-order valence-electron chi connectivity index (χ3n) is 3.35. The molecule has 6 nitrogen and oxygen atoms in total. The van der Waals surface area contributed by atoms with Crippen LogP contribution in [0.1, 0.15) is 15.9 Å². The molecule has 0 aliphatic carbocycles. The summed E-state index contributed by atoms with van der Waals surface area (Å²) in [5.74, 6) is 0.271. The zero-order valence-corrected chi connectivity index (χ0v) is 14.7. The lowest BCUT2D eigenvalue weighted by atomic mass is 10.2. The Morgan fingerprint density at radius 3 is 2.48 bits per heavy atom. The number of nitrogens with one attached hydrogen (secondary N) is 2. The number of halogens is 1. The fraction of sp³-hybridized carbons (Fsp3) is 0.222. The molecule has 0 radical (unpaired) electrons. The molecular formula is C18H19ClN2O4. The highest BCUT2D eigenvalue weighted by molar-refractivity contribution is 6.31. The molecule has 2 amide bonds. The van der Waals surface area contributed by atoms with Crippen LogP contribution in [0.15, 0.2) is 42.5 Å². The van der Waals surface area contributed by atoms with Gasteiger partial charge in [0.1, 0.15) is 12.4 Å². The van der Waals surface area contributed by atoms with Crippen LogP contribution in [-0.4, -0.2) is 32.3 Å². The summed E-state index contributed by atoms with van der Waals surface area (Å²) in [4.78, 5) is 23.1. The van der Waals surface area contributed by atoms with Crippen LogP contribution >= 0.6 is 11.6 Å². The topological polar surface area (TPSA) is 76.7 Å². The maximum Gasteiger partial charge on any atom is 0.337 e. The summed E-state index contributed by atoms with van der Waals surface area (Å²) in [5.41, 5.74) is 1.92. The number of anilines is 1. The van der Waals surface area contributed by atoms with Crippen molar-refractivity contribution in [3.05, 3.63) is 58.6 Å². The second kappa shape index (κ2) is 8.94. The van der Waals surface area contributed by atoms with E-state index in [1.54, 1.807) is 36.4 Å². The van der Waals surface area contributed by atoms with E-state index in [0.717, 1.165) is 5.56 Å². The van der Waals surface area contributed by atoms with Gasteiger partial charge in [-0.3, -0.25) is 0 Å². The Balaban J connectivity index is 1.73. The van der Waals surface area contributed by atoms with E-state index in [0.29, 0.717) is 35.2 Å². The summed E-state index contributed by atoms with van der Waals surface area (Å²) in [6.45, 7) is 2.57. The Bertz CT molecular complexity index is 747. The van der Waals surface area contributed by atoms with Gasteiger partial charge >= 0.3 is 12.0 Å². The second-order valence-corrected chi connectivity index (χ2v) is 5.62. The average Bonchev–Trinajstić information content (AvgIpc) is 2.61. The minimum Gasteiger partial charge on any atom is -0.492 e. The fourth-order valence-corrected chi connectivity index (χ4v) is 2.14. The second-order valence-electron chi connectivity index (χ2n) is 5.21. The molecule has 2 aromatic carbocycles. The number of methoxy groups -OCH3 is 1. The summed E-state index contributed by atoms with van der Waals surface area (Å²) >= 11 is 5.95. The van der Waals surface area contributed by atoms with Crippen molar-refractivity contribution in [2.45, 2.75) is 6.92 Å². The minimum absolute atomic E-state index is 0.329. The highest BCUT2D eigenvalue weighted by Crippen LogP contribution is 2.20. The molecule has 0 saturated heterocycles. The highest BCUT2D eigenvalue weighted by Gasteiger charge is 2.06. The van der Waals surface area contributed by atoms with E-state index in [1.807, 2.05) is 13.0 Å². The molecule has 0 aromatic heterocycles. The molecule has 2 rings (SSSR count). The molecule has 0 spiro atoms. The molecule has 132 valence electrons. The Morgan fingerprint density at radius 2 is 1.84 bits per heavy atom. The number of urea groups is 1. The normalized spacial score (nSPS) is 10.0. The van der Waals surface area contributed by atoms with Crippen molar-refractivity contribution in [1.29, 1.82) is 0 Å². The van der Waals surface area contributed by atoms with E-state index in [1.165, 1.54) is 7.11 Å². The van der Waals surface area contributed by atoms with Crippen molar-refractivity contribution in [2.75, 3.05) is 25.6 Å². The highest BCUT2D eigenvalue weighted by atomic mass is 35.5. The molecular weight excluding hydrogens is 344 g/mol. The lowest BCUT2D eigenvalue weighted by Gasteiger charge is -2.10. The lowest BCUT2D eigenvalue weighted by molar-refractivity contribution is 0.0600. The van der Waals surface area contributed by atoms with Gasteiger partial charge in [-0.25, -0.2) is 9.59 Å². The molecule has 2 N–H and O–H groups in total. The number of esters is 1. The summed E-state index contributed by atoms with van der Waals surface area (Å²) in [7, 11) is 1.31. The predicted molar refractivity (Wildman–Crippen MR) is 96.5 cm³/mol. The van der Waals surface area contributed by atoms with Gasteiger partial charge in [0.05, 0.1) is 19.2 Å². The summed E-state index contributed by atoms with van der Waals surface area (Å²) in [5, 5.41) is 6.03. The van der Waals surface area contributed by atoms with Crippen molar-refractivity contribution in [3.8, 4) is 5.75 Å². The van der Waals surface area contributed by atoms with Crippen LogP contribution in [0, 0.1) is 6.92 Å². The van der Waals surface area contributed by atoms with Gasteiger partial charge in [0, 0.05) is 10.7 Å². The van der Waals surface area contributed by atoms with Crippen molar-refractivity contribution >= 4 is 29.3 Å². The molecule has 0 saturated carbocycles. The zero-order valence-electron chi connectivity index (χ0n) is 14.0. The molecule has 0 aliphatic heterocycles. The molecule has 25 heavy (non-hydrogen) atoms. The molecule has 7 heteroatoms. The summed E-state index contributed by atoms with van der Waals surface area (Å²) in [6.07, 6.45) is 0. The molecule has 0 fully saturated rings.